The number of ether oxygens (including phenoxy) is 2. The topological polar surface area (TPSA) is 79.5 Å². The van der Waals surface area contributed by atoms with E-state index in [1.165, 1.54) is 10.4 Å². The quantitative estimate of drug-likeness (QED) is 0.737. The Morgan fingerprint density at radius 2 is 2.33 bits per heavy atom. The summed E-state index contributed by atoms with van der Waals surface area (Å²) in [5.41, 5.74) is 2.20. The molecule has 2 N–H and O–H groups in total. The molecule has 4 rings (SSSR count). The number of fused-ring (bicyclic) bond motifs is 2. The third-order valence-electron chi connectivity index (χ3n) is 5.40. The van der Waals surface area contributed by atoms with Crippen molar-refractivity contribution in [2.24, 2.45) is 0 Å². The smallest absolute Gasteiger partial charge is 0.261 e. The molecule has 2 aromatic rings. The van der Waals surface area contributed by atoms with Crippen molar-refractivity contribution in [2.45, 2.75) is 31.4 Å². The highest BCUT2D eigenvalue weighted by Crippen LogP contribution is 2.45. The number of amides is 1. The average molecular weight is 391 g/mol. The first-order chi connectivity index (χ1) is 13.2. The van der Waals surface area contributed by atoms with Crippen LogP contribution in [0.4, 0.5) is 0 Å². The first kappa shape index (κ1) is 18.6. The van der Waals surface area contributed by atoms with Crippen LogP contribution in [0.15, 0.2) is 18.6 Å². The van der Waals surface area contributed by atoms with Gasteiger partial charge in [0.05, 0.1) is 24.4 Å². The Morgan fingerprint density at radius 3 is 3.07 bits per heavy atom. The molecule has 2 aromatic heterocycles. The third-order valence-corrected chi connectivity index (χ3v) is 6.76. The molecule has 0 unspecified atom stereocenters. The van der Waals surface area contributed by atoms with Crippen molar-refractivity contribution in [1.29, 1.82) is 0 Å². The van der Waals surface area contributed by atoms with Crippen LogP contribution in [-0.2, 0) is 28.0 Å². The lowest BCUT2D eigenvalue weighted by atomic mass is 9.85. The first-order valence-electron chi connectivity index (χ1n) is 9.44. The van der Waals surface area contributed by atoms with E-state index in [2.05, 4.69) is 26.3 Å². The number of aromatic nitrogens is 2. The van der Waals surface area contributed by atoms with Gasteiger partial charge in [0.1, 0.15) is 5.60 Å². The Bertz CT molecular complexity index is 766. The zero-order valence-corrected chi connectivity index (χ0v) is 16.4. The summed E-state index contributed by atoms with van der Waals surface area (Å²) in [5, 5.41) is 2.92. The second-order valence-corrected chi connectivity index (χ2v) is 8.21. The summed E-state index contributed by atoms with van der Waals surface area (Å²) in [6.07, 6.45) is 6.41. The molecule has 1 spiro atoms. The number of H-pyrrole nitrogens is 1. The van der Waals surface area contributed by atoms with Gasteiger partial charge < -0.3 is 19.8 Å². The van der Waals surface area contributed by atoms with Gasteiger partial charge in [-0.25, -0.2) is 4.98 Å². The molecule has 146 valence electrons. The molecule has 7 nitrogen and oxygen atoms in total. The fourth-order valence-corrected chi connectivity index (χ4v) is 5.27. The Morgan fingerprint density at radius 1 is 1.48 bits per heavy atom. The molecule has 1 fully saturated rings. The fourth-order valence-electron chi connectivity index (χ4n) is 3.94. The maximum Gasteiger partial charge on any atom is 0.261 e. The SMILES string of the molecule is COCCNC(=O)c1cc2c(s1)C1(CCN(Cc3cnc[nH]3)CC1)OCC2. The van der Waals surface area contributed by atoms with Crippen molar-refractivity contribution < 1.29 is 14.3 Å². The Hall–Kier alpha value is -1.74. The molecule has 0 aromatic carbocycles. The molecule has 2 aliphatic heterocycles. The average Bonchev–Trinajstić information content (AvgIpc) is 3.34. The summed E-state index contributed by atoms with van der Waals surface area (Å²) in [5.74, 6) is -0.0155. The van der Waals surface area contributed by atoms with Crippen LogP contribution >= 0.6 is 11.3 Å². The summed E-state index contributed by atoms with van der Waals surface area (Å²) < 4.78 is 11.3. The molecule has 2 aliphatic rings. The lowest BCUT2D eigenvalue weighted by Gasteiger charge is -2.43. The number of nitrogens with one attached hydrogen (secondary N) is 2. The summed E-state index contributed by atoms with van der Waals surface area (Å²) in [4.78, 5) is 24.2. The van der Waals surface area contributed by atoms with Gasteiger partial charge in [0.2, 0.25) is 0 Å². The van der Waals surface area contributed by atoms with Crippen LogP contribution in [0, 0.1) is 0 Å². The predicted octanol–water partition coefficient (Wildman–Crippen LogP) is 1.91. The monoisotopic (exact) mass is 390 g/mol. The molecule has 0 bridgehead atoms. The fraction of sp³-hybridized carbons (Fsp3) is 0.579. The van der Waals surface area contributed by atoms with Crippen LogP contribution in [0.25, 0.3) is 0 Å². The van der Waals surface area contributed by atoms with Gasteiger partial charge in [0, 0.05) is 50.1 Å². The lowest BCUT2D eigenvalue weighted by molar-refractivity contribution is -0.0961. The predicted molar refractivity (Wildman–Crippen MR) is 103 cm³/mol. The number of aromatic amines is 1. The van der Waals surface area contributed by atoms with Crippen molar-refractivity contribution in [3.63, 3.8) is 0 Å². The van der Waals surface area contributed by atoms with Gasteiger partial charge in [0.25, 0.3) is 5.91 Å². The number of thiophene rings is 1. The largest absolute Gasteiger partial charge is 0.383 e. The Labute approximate surface area is 163 Å². The number of hydrogen-bond acceptors (Lipinski definition) is 6. The number of piperidine rings is 1. The number of rotatable bonds is 6. The van der Waals surface area contributed by atoms with Crippen LogP contribution in [0.5, 0.6) is 0 Å². The number of imidazole rings is 1. The number of hydrogen-bond donors (Lipinski definition) is 2. The minimum Gasteiger partial charge on any atom is -0.383 e. The van der Waals surface area contributed by atoms with E-state index in [0.29, 0.717) is 13.2 Å². The Balaban J connectivity index is 1.44. The van der Waals surface area contributed by atoms with E-state index < -0.39 is 0 Å². The molecule has 1 amide bonds. The summed E-state index contributed by atoms with van der Waals surface area (Å²) in [6, 6.07) is 2.06. The minimum atomic E-state index is -0.228. The molecular formula is C19H26N4O3S. The van der Waals surface area contributed by atoms with E-state index >= 15 is 0 Å². The number of nitrogens with zero attached hydrogens (tertiary/aromatic N) is 2. The van der Waals surface area contributed by atoms with Gasteiger partial charge in [-0.2, -0.15) is 0 Å². The lowest BCUT2D eigenvalue weighted by Crippen LogP contribution is -2.45. The third kappa shape index (κ3) is 3.94. The molecule has 0 radical (unpaired) electrons. The number of carbonyl (C=O) groups is 1. The van der Waals surface area contributed by atoms with Crippen LogP contribution in [0.3, 0.4) is 0 Å². The maximum atomic E-state index is 12.4. The summed E-state index contributed by atoms with van der Waals surface area (Å²) in [6.45, 7) is 4.63. The van der Waals surface area contributed by atoms with Crippen molar-refractivity contribution in [3.8, 4) is 0 Å². The number of carbonyl (C=O) groups excluding carboxylic acids is 1. The van der Waals surface area contributed by atoms with Gasteiger partial charge in [-0.15, -0.1) is 11.3 Å². The van der Waals surface area contributed by atoms with E-state index in [1.54, 1.807) is 24.8 Å². The zero-order chi connectivity index (χ0) is 18.7. The molecule has 8 heteroatoms. The van der Waals surface area contributed by atoms with Gasteiger partial charge in [-0.05, 0) is 30.9 Å². The zero-order valence-electron chi connectivity index (χ0n) is 15.6. The second-order valence-electron chi connectivity index (χ2n) is 7.16. The van der Waals surface area contributed by atoms with Gasteiger partial charge in [-0.3, -0.25) is 9.69 Å². The van der Waals surface area contributed by atoms with Crippen molar-refractivity contribution >= 4 is 17.2 Å². The summed E-state index contributed by atoms with van der Waals surface area (Å²) in [7, 11) is 1.63. The molecule has 0 atom stereocenters. The van der Waals surface area contributed by atoms with Gasteiger partial charge >= 0.3 is 0 Å². The number of methoxy groups -OCH3 is 1. The van der Waals surface area contributed by atoms with E-state index in [0.717, 1.165) is 56.1 Å². The summed E-state index contributed by atoms with van der Waals surface area (Å²) >= 11 is 1.60. The van der Waals surface area contributed by atoms with E-state index in [4.69, 9.17) is 9.47 Å². The highest BCUT2D eigenvalue weighted by Gasteiger charge is 2.42. The van der Waals surface area contributed by atoms with E-state index in [9.17, 15) is 4.79 Å². The normalized spacial score (nSPS) is 19.1. The second kappa shape index (κ2) is 8.10. The first-order valence-corrected chi connectivity index (χ1v) is 10.3. The molecule has 1 saturated heterocycles. The molecule has 4 heterocycles. The molecule has 27 heavy (non-hydrogen) atoms. The number of likely N-dealkylation sites (tertiary alicyclic amines) is 1. The molecular weight excluding hydrogens is 364 g/mol. The van der Waals surface area contributed by atoms with Crippen LogP contribution in [0.2, 0.25) is 0 Å². The molecule has 0 aliphatic carbocycles. The van der Waals surface area contributed by atoms with Crippen molar-refractivity contribution in [3.05, 3.63) is 39.6 Å². The Kier molecular flexibility index (Phi) is 5.58. The standard InChI is InChI=1S/C19H26N4O3S/c1-25-9-5-21-18(24)16-10-14-2-8-26-19(17(14)27-16)3-6-23(7-4-19)12-15-11-20-13-22-15/h10-11,13H,2-9,12H2,1H3,(H,20,22)(H,21,24). The van der Waals surface area contributed by atoms with E-state index in [1.807, 2.05) is 6.20 Å². The van der Waals surface area contributed by atoms with Crippen molar-refractivity contribution in [2.75, 3.05) is 40.0 Å². The minimum absolute atomic E-state index is 0.0155. The van der Waals surface area contributed by atoms with Gasteiger partial charge in [-0.1, -0.05) is 0 Å². The van der Waals surface area contributed by atoms with Crippen LogP contribution in [0.1, 0.15) is 38.6 Å². The van der Waals surface area contributed by atoms with Crippen LogP contribution < -0.4 is 5.32 Å². The highest BCUT2D eigenvalue weighted by molar-refractivity contribution is 7.14. The van der Waals surface area contributed by atoms with Crippen LogP contribution in [-0.4, -0.2) is 60.7 Å². The van der Waals surface area contributed by atoms with Gasteiger partial charge in [0.15, 0.2) is 0 Å². The molecule has 0 saturated carbocycles. The van der Waals surface area contributed by atoms with E-state index in [-0.39, 0.29) is 11.5 Å². The van der Waals surface area contributed by atoms with Crippen molar-refractivity contribution in [1.82, 2.24) is 20.2 Å². The maximum absolute atomic E-state index is 12.4. The highest BCUT2D eigenvalue weighted by atomic mass is 32.1.